The van der Waals surface area contributed by atoms with E-state index in [9.17, 15) is 4.79 Å². The Labute approximate surface area is 179 Å². The van der Waals surface area contributed by atoms with Crippen molar-refractivity contribution in [2.75, 3.05) is 23.3 Å². The van der Waals surface area contributed by atoms with Gasteiger partial charge in [0.25, 0.3) is 11.8 Å². The fourth-order valence-electron chi connectivity index (χ4n) is 3.74. The van der Waals surface area contributed by atoms with Crippen molar-refractivity contribution in [2.24, 2.45) is 0 Å². The Morgan fingerprint density at radius 1 is 1.03 bits per heavy atom. The first-order valence-corrected chi connectivity index (χ1v) is 10.3. The van der Waals surface area contributed by atoms with Gasteiger partial charge in [0.15, 0.2) is 5.76 Å². The van der Waals surface area contributed by atoms with Gasteiger partial charge in [-0.15, -0.1) is 0 Å². The normalized spacial score (nSPS) is 13.5. The second kappa shape index (κ2) is 8.10. The monoisotopic (exact) mass is 414 g/mol. The summed E-state index contributed by atoms with van der Waals surface area (Å²) in [5.74, 6) is 0.869. The second-order valence-electron chi connectivity index (χ2n) is 7.63. The Balaban J connectivity index is 1.36. The topological polar surface area (TPSA) is 84.4 Å². The molecule has 1 fully saturated rings. The number of aromatic nitrogens is 2. The highest BCUT2D eigenvalue weighted by Crippen LogP contribution is 2.28. The summed E-state index contributed by atoms with van der Waals surface area (Å²) in [7, 11) is 0. The molecule has 0 saturated carbocycles. The zero-order valence-corrected chi connectivity index (χ0v) is 17.2. The lowest BCUT2D eigenvalue weighted by Gasteiger charge is -2.17. The van der Waals surface area contributed by atoms with Crippen molar-refractivity contribution >= 4 is 17.3 Å². The van der Waals surface area contributed by atoms with Crippen LogP contribution in [0, 0.1) is 6.92 Å². The van der Waals surface area contributed by atoms with Gasteiger partial charge in [0.2, 0.25) is 5.82 Å². The maximum atomic E-state index is 12.3. The van der Waals surface area contributed by atoms with Crippen LogP contribution in [0.4, 0.5) is 11.4 Å². The molecule has 0 radical (unpaired) electrons. The van der Waals surface area contributed by atoms with Crippen LogP contribution in [0.25, 0.3) is 22.8 Å². The van der Waals surface area contributed by atoms with Crippen LogP contribution in [0.3, 0.4) is 0 Å². The van der Waals surface area contributed by atoms with Gasteiger partial charge < -0.3 is 19.2 Å². The number of carbonyl (C=O) groups is 1. The summed E-state index contributed by atoms with van der Waals surface area (Å²) in [4.78, 5) is 19.3. The summed E-state index contributed by atoms with van der Waals surface area (Å²) in [5, 5.41) is 7.01. The van der Waals surface area contributed by atoms with Gasteiger partial charge in [-0.3, -0.25) is 4.79 Å². The smallest absolute Gasteiger partial charge is 0.291 e. The molecule has 3 heterocycles. The number of anilines is 2. The molecule has 2 aromatic heterocycles. The minimum Gasteiger partial charge on any atom is -0.459 e. The van der Waals surface area contributed by atoms with Gasteiger partial charge >= 0.3 is 0 Å². The largest absolute Gasteiger partial charge is 0.459 e. The zero-order chi connectivity index (χ0) is 21.2. The first kappa shape index (κ1) is 19.1. The van der Waals surface area contributed by atoms with Crippen molar-refractivity contribution in [3.05, 3.63) is 72.2 Å². The van der Waals surface area contributed by atoms with E-state index in [0.717, 1.165) is 29.8 Å². The molecule has 2 aromatic carbocycles. The molecule has 4 aromatic rings. The van der Waals surface area contributed by atoms with Gasteiger partial charge in [-0.05, 0) is 73.9 Å². The van der Waals surface area contributed by atoms with Crippen LogP contribution < -0.4 is 10.2 Å². The number of nitrogens with zero attached hydrogens (tertiary/aromatic N) is 3. The molecule has 5 rings (SSSR count). The van der Waals surface area contributed by atoms with Crippen molar-refractivity contribution in [1.29, 1.82) is 0 Å². The van der Waals surface area contributed by atoms with Gasteiger partial charge in [-0.1, -0.05) is 11.2 Å². The van der Waals surface area contributed by atoms with Gasteiger partial charge in [0.05, 0.1) is 6.26 Å². The minimum atomic E-state index is -0.311. The van der Waals surface area contributed by atoms with E-state index in [1.54, 1.807) is 12.1 Å². The third-order valence-corrected chi connectivity index (χ3v) is 5.50. The van der Waals surface area contributed by atoms with Crippen molar-refractivity contribution < 1.29 is 13.7 Å². The Bertz CT molecular complexity index is 1190. The number of amides is 1. The molecule has 0 unspecified atom stereocenters. The van der Waals surface area contributed by atoms with Crippen LogP contribution in [0.1, 0.15) is 29.0 Å². The summed E-state index contributed by atoms with van der Waals surface area (Å²) in [6.07, 6.45) is 3.96. The molecule has 7 nitrogen and oxygen atoms in total. The molecule has 156 valence electrons. The van der Waals surface area contributed by atoms with Crippen LogP contribution in [0.5, 0.6) is 0 Å². The average molecular weight is 414 g/mol. The number of benzene rings is 2. The fourth-order valence-corrected chi connectivity index (χ4v) is 3.74. The number of nitrogens with one attached hydrogen (secondary N) is 1. The Kier molecular flexibility index (Phi) is 5.00. The van der Waals surface area contributed by atoms with E-state index in [1.165, 1.54) is 24.8 Å². The average Bonchev–Trinajstić information content (AvgIpc) is 3.58. The van der Waals surface area contributed by atoms with Crippen LogP contribution in [0.2, 0.25) is 0 Å². The highest BCUT2D eigenvalue weighted by atomic mass is 16.5. The molecule has 1 amide bonds. The molecular weight excluding hydrogens is 392 g/mol. The Morgan fingerprint density at radius 2 is 1.81 bits per heavy atom. The Hall–Kier alpha value is -3.87. The molecule has 7 heteroatoms. The maximum absolute atomic E-state index is 12.3. The van der Waals surface area contributed by atoms with E-state index >= 15 is 0 Å². The number of furan rings is 1. The molecular formula is C24H22N4O3. The SMILES string of the molecule is Cc1ccc(-c2nc(-c3ccc(N4CCCC4)cc3)no2)cc1NC(=O)c1ccco1. The van der Waals surface area contributed by atoms with E-state index in [-0.39, 0.29) is 11.7 Å². The number of carbonyl (C=O) groups excluding carboxylic acids is 1. The van der Waals surface area contributed by atoms with E-state index in [4.69, 9.17) is 8.94 Å². The van der Waals surface area contributed by atoms with E-state index in [0.29, 0.717) is 17.4 Å². The van der Waals surface area contributed by atoms with Crippen LogP contribution in [0.15, 0.2) is 69.8 Å². The van der Waals surface area contributed by atoms with E-state index in [1.807, 2.05) is 37.3 Å². The first-order valence-electron chi connectivity index (χ1n) is 10.3. The summed E-state index contributed by atoms with van der Waals surface area (Å²) in [6, 6.07) is 17.2. The molecule has 0 atom stereocenters. The molecule has 0 spiro atoms. The van der Waals surface area contributed by atoms with Crippen molar-refractivity contribution in [3.8, 4) is 22.8 Å². The predicted octanol–water partition coefficient (Wildman–Crippen LogP) is 5.16. The minimum absolute atomic E-state index is 0.252. The molecule has 1 aliphatic rings. The standard InChI is InChI=1S/C24H22N4O3/c1-16-6-7-18(15-20(16)25-23(29)21-5-4-14-30-21)24-26-22(27-31-24)17-8-10-19(11-9-17)28-12-2-3-13-28/h4-11,14-15H,2-3,12-13H2,1H3,(H,25,29). The summed E-state index contributed by atoms with van der Waals surface area (Å²) in [5.41, 5.74) is 4.43. The summed E-state index contributed by atoms with van der Waals surface area (Å²) >= 11 is 0. The third kappa shape index (κ3) is 3.94. The van der Waals surface area contributed by atoms with Crippen LogP contribution in [-0.4, -0.2) is 29.1 Å². The van der Waals surface area contributed by atoms with Gasteiger partial charge in [0.1, 0.15) is 0 Å². The van der Waals surface area contributed by atoms with Crippen molar-refractivity contribution in [2.45, 2.75) is 19.8 Å². The molecule has 0 aliphatic carbocycles. The summed E-state index contributed by atoms with van der Waals surface area (Å²) in [6.45, 7) is 4.14. The Morgan fingerprint density at radius 3 is 2.55 bits per heavy atom. The van der Waals surface area contributed by atoms with Crippen LogP contribution >= 0.6 is 0 Å². The van der Waals surface area contributed by atoms with E-state index < -0.39 is 0 Å². The lowest BCUT2D eigenvalue weighted by molar-refractivity contribution is 0.0996. The summed E-state index contributed by atoms with van der Waals surface area (Å²) < 4.78 is 10.7. The quantitative estimate of drug-likeness (QED) is 0.486. The van der Waals surface area contributed by atoms with Crippen molar-refractivity contribution in [3.63, 3.8) is 0 Å². The maximum Gasteiger partial charge on any atom is 0.291 e. The molecule has 31 heavy (non-hydrogen) atoms. The highest BCUT2D eigenvalue weighted by molar-refractivity contribution is 6.02. The molecule has 1 aliphatic heterocycles. The third-order valence-electron chi connectivity index (χ3n) is 5.50. The molecule has 1 N–H and O–H groups in total. The molecule has 0 bridgehead atoms. The first-order chi connectivity index (χ1) is 15.2. The van der Waals surface area contributed by atoms with Gasteiger partial charge in [-0.2, -0.15) is 4.98 Å². The lowest BCUT2D eigenvalue weighted by Crippen LogP contribution is -2.17. The van der Waals surface area contributed by atoms with Crippen LogP contribution in [-0.2, 0) is 0 Å². The fraction of sp³-hybridized carbons (Fsp3) is 0.208. The number of hydrogen-bond donors (Lipinski definition) is 1. The second-order valence-corrected chi connectivity index (χ2v) is 7.63. The number of hydrogen-bond acceptors (Lipinski definition) is 6. The van der Waals surface area contributed by atoms with Gasteiger partial charge in [-0.25, -0.2) is 0 Å². The lowest BCUT2D eigenvalue weighted by atomic mass is 10.1. The molecule has 1 saturated heterocycles. The van der Waals surface area contributed by atoms with E-state index in [2.05, 4.69) is 32.5 Å². The van der Waals surface area contributed by atoms with Gasteiger partial charge in [0, 0.05) is 35.6 Å². The van der Waals surface area contributed by atoms with Crippen molar-refractivity contribution in [1.82, 2.24) is 10.1 Å². The number of rotatable bonds is 5. The number of aryl methyl sites for hydroxylation is 1. The highest BCUT2D eigenvalue weighted by Gasteiger charge is 2.16. The predicted molar refractivity (Wildman–Crippen MR) is 118 cm³/mol. The zero-order valence-electron chi connectivity index (χ0n) is 17.2.